The van der Waals surface area contributed by atoms with E-state index < -0.39 is 0 Å². The lowest BCUT2D eigenvalue weighted by molar-refractivity contribution is 0.140. The summed E-state index contributed by atoms with van der Waals surface area (Å²) in [5.41, 5.74) is 2.72. The summed E-state index contributed by atoms with van der Waals surface area (Å²) in [4.78, 5) is 16.9. The van der Waals surface area contributed by atoms with E-state index in [9.17, 15) is 4.79 Å². The molecule has 1 fully saturated rings. The Balaban J connectivity index is 1.64. The van der Waals surface area contributed by atoms with Crippen LogP contribution in [0.4, 0.5) is 4.79 Å². The van der Waals surface area contributed by atoms with Crippen LogP contribution in [0.2, 0.25) is 0 Å². The first-order valence-corrected chi connectivity index (χ1v) is 8.63. The quantitative estimate of drug-likeness (QED) is 0.853. The van der Waals surface area contributed by atoms with Crippen LogP contribution in [-0.2, 0) is 6.42 Å². The third-order valence-corrected chi connectivity index (χ3v) is 5.02. The number of urea groups is 1. The average Bonchev–Trinajstić information content (AvgIpc) is 2.77. The lowest BCUT2D eigenvalue weighted by atomic mass is 9.99. The number of amides is 2. The van der Waals surface area contributed by atoms with E-state index in [2.05, 4.69) is 41.4 Å². The summed E-state index contributed by atoms with van der Waals surface area (Å²) >= 11 is 0. The minimum Gasteiger partial charge on any atom is -0.331 e. The Hall–Kier alpha value is -1.55. The van der Waals surface area contributed by atoms with E-state index in [1.165, 1.54) is 24.0 Å². The van der Waals surface area contributed by atoms with Crippen LogP contribution in [0.3, 0.4) is 0 Å². The van der Waals surface area contributed by atoms with Crippen molar-refractivity contribution in [1.82, 2.24) is 15.1 Å². The van der Waals surface area contributed by atoms with Crippen molar-refractivity contribution in [2.75, 3.05) is 32.7 Å². The van der Waals surface area contributed by atoms with Crippen molar-refractivity contribution in [2.45, 2.75) is 38.6 Å². The molecule has 0 radical (unpaired) electrons. The molecular weight excluding hydrogens is 274 g/mol. The van der Waals surface area contributed by atoms with Gasteiger partial charge >= 0.3 is 6.03 Å². The molecule has 0 saturated carbocycles. The molecule has 1 saturated heterocycles. The number of hydrogen-bond acceptors (Lipinski definition) is 2. The van der Waals surface area contributed by atoms with Gasteiger partial charge in [0, 0.05) is 26.2 Å². The summed E-state index contributed by atoms with van der Waals surface area (Å²) in [5, 5.41) is 3.29. The van der Waals surface area contributed by atoms with Crippen LogP contribution in [-0.4, -0.2) is 48.6 Å². The number of rotatable bonds is 2. The molecule has 1 unspecified atom stereocenters. The third-order valence-electron chi connectivity index (χ3n) is 5.02. The average molecular weight is 301 g/mol. The van der Waals surface area contributed by atoms with Crippen LogP contribution in [0, 0.1) is 0 Å². The SMILES string of the molecule is CCN1CCN(C(=O)NC2CCCCc3ccccc32)CC1. The van der Waals surface area contributed by atoms with Gasteiger partial charge in [-0.25, -0.2) is 4.79 Å². The highest BCUT2D eigenvalue weighted by atomic mass is 16.2. The van der Waals surface area contributed by atoms with Crippen LogP contribution in [0.15, 0.2) is 24.3 Å². The minimum absolute atomic E-state index is 0.109. The van der Waals surface area contributed by atoms with Gasteiger partial charge in [0.1, 0.15) is 0 Å². The smallest absolute Gasteiger partial charge is 0.317 e. The van der Waals surface area contributed by atoms with Gasteiger partial charge in [-0.15, -0.1) is 0 Å². The number of piperazine rings is 1. The van der Waals surface area contributed by atoms with Crippen LogP contribution < -0.4 is 5.32 Å². The third kappa shape index (κ3) is 3.43. The molecule has 0 spiro atoms. The summed E-state index contributed by atoms with van der Waals surface area (Å²) in [6, 6.07) is 8.87. The van der Waals surface area contributed by atoms with E-state index in [0.29, 0.717) is 0 Å². The highest BCUT2D eigenvalue weighted by molar-refractivity contribution is 5.75. The van der Waals surface area contributed by atoms with Crippen molar-refractivity contribution >= 4 is 6.03 Å². The molecule has 1 aliphatic heterocycles. The van der Waals surface area contributed by atoms with Crippen molar-refractivity contribution < 1.29 is 4.79 Å². The van der Waals surface area contributed by atoms with Gasteiger partial charge in [-0.05, 0) is 36.9 Å². The molecule has 1 atom stereocenters. The van der Waals surface area contributed by atoms with E-state index >= 15 is 0 Å². The maximum Gasteiger partial charge on any atom is 0.317 e. The van der Waals surface area contributed by atoms with Crippen molar-refractivity contribution in [3.8, 4) is 0 Å². The van der Waals surface area contributed by atoms with E-state index in [-0.39, 0.29) is 12.1 Å². The van der Waals surface area contributed by atoms with Gasteiger partial charge in [-0.1, -0.05) is 37.6 Å². The highest BCUT2D eigenvalue weighted by Crippen LogP contribution is 2.28. The second-order valence-corrected chi connectivity index (χ2v) is 6.37. The fourth-order valence-electron chi connectivity index (χ4n) is 3.58. The monoisotopic (exact) mass is 301 g/mol. The molecule has 1 aromatic rings. The number of nitrogens with zero attached hydrogens (tertiary/aromatic N) is 2. The number of aryl methyl sites for hydroxylation is 1. The maximum absolute atomic E-state index is 12.6. The van der Waals surface area contributed by atoms with Crippen molar-refractivity contribution in [2.24, 2.45) is 0 Å². The van der Waals surface area contributed by atoms with Gasteiger partial charge in [0.25, 0.3) is 0 Å². The first-order chi connectivity index (χ1) is 10.8. The van der Waals surface area contributed by atoms with Gasteiger partial charge in [0.15, 0.2) is 0 Å². The summed E-state index contributed by atoms with van der Waals surface area (Å²) in [7, 11) is 0. The predicted octanol–water partition coefficient (Wildman–Crippen LogP) is 2.80. The number of fused-ring (bicyclic) bond motifs is 1. The predicted molar refractivity (Wildman–Crippen MR) is 89.0 cm³/mol. The molecule has 4 nitrogen and oxygen atoms in total. The standard InChI is InChI=1S/C18H27N3O/c1-2-20-11-13-21(14-12-20)18(22)19-17-10-6-4-8-15-7-3-5-9-16(15)17/h3,5,7,9,17H,2,4,6,8,10-14H2,1H3,(H,19,22). The molecule has 1 aromatic carbocycles. The fourth-order valence-corrected chi connectivity index (χ4v) is 3.58. The molecule has 2 aliphatic rings. The Kier molecular flexibility index (Phi) is 4.98. The Labute approximate surface area is 133 Å². The summed E-state index contributed by atoms with van der Waals surface area (Å²) < 4.78 is 0. The lowest BCUT2D eigenvalue weighted by Gasteiger charge is -2.35. The molecular formula is C18H27N3O. The van der Waals surface area contributed by atoms with Crippen LogP contribution in [0.5, 0.6) is 0 Å². The van der Waals surface area contributed by atoms with Crippen LogP contribution in [0.25, 0.3) is 0 Å². The van der Waals surface area contributed by atoms with E-state index in [0.717, 1.165) is 45.6 Å². The fraction of sp³-hybridized carbons (Fsp3) is 0.611. The Morgan fingerprint density at radius 1 is 1.18 bits per heavy atom. The molecule has 120 valence electrons. The summed E-state index contributed by atoms with van der Waals surface area (Å²) in [5.74, 6) is 0. The first kappa shape index (κ1) is 15.3. The van der Waals surface area contributed by atoms with Gasteiger partial charge in [-0.3, -0.25) is 0 Å². The molecule has 2 amide bonds. The maximum atomic E-state index is 12.6. The molecule has 0 bridgehead atoms. The zero-order valence-electron chi connectivity index (χ0n) is 13.6. The number of benzene rings is 1. The molecule has 22 heavy (non-hydrogen) atoms. The summed E-state index contributed by atoms with van der Waals surface area (Å²) in [6.07, 6.45) is 4.59. The van der Waals surface area contributed by atoms with Crippen molar-refractivity contribution in [3.05, 3.63) is 35.4 Å². The number of carbonyl (C=O) groups excluding carboxylic acids is 1. The first-order valence-electron chi connectivity index (χ1n) is 8.63. The Bertz CT molecular complexity index is 509. The van der Waals surface area contributed by atoms with Crippen LogP contribution >= 0.6 is 0 Å². The van der Waals surface area contributed by atoms with Gasteiger partial charge in [-0.2, -0.15) is 0 Å². The molecule has 1 N–H and O–H groups in total. The number of likely N-dealkylation sites (N-methyl/N-ethyl adjacent to an activating group) is 1. The zero-order valence-corrected chi connectivity index (χ0v) is 13.6. The van der Waals surface area contributed by atoms with Crippen LogP contribution in [0.1, 0.15) is 43.4 Å². The molecule has 0 aromatic heterocycles. The summed E-state index contributed by atoms with van der Waals surface area (Å²) in [6.45, 7) is 6.92. The highest BCUT2D eigenvalue weighted by Gasteiger charge is 2.24. The molecule has 1 aliphatic carbocycles. The number of hydrogen-bond donors (Lipinski definition) is 1. The normalized spacial score (nSPS) is 22.8. The number of nitrogens with one attached hydrogen (secondary N) is 1. The largest absolute Gasteiger partial charge is 0.331 e. The van der Waals surface area contributed by atoms with Crippen molar-refractivity contribution in [3.63, 3.8) is 0 Å². The molecule has 1 heterocycles. The Morgan fingerprint density at radius 3 is 2.73 bits per heavy atom. The van der Waals surface area contributed by atoms with Crippen molar-refractivity contribution in [1.29, 1.82) is 0 Å². The van der Waals surface area contributed by atoms with E-state index in [1.807, 2.05) is 4.90 Å². The molecule has 4 heteroatoms. The van der Waals surface area contributed by atoms with Gasteiger partial charge in [0.2, 0.25) is 0 Å². The topological polar surface area (TPSA) is 35.6 Å². The van der Waals surface area contributed by atoms with E-state index in [1.54, 1.807) is 0 Å². The number of carbonyl (C=O) groups is 1. The van der Waals surface area contributed by atoms with Gasteiger partial charge < -0.3 is 15.1 Å². The zero-order chi connectivity index (χ0) is 15.4. The lowest BCUT2D eigenvalue weighted by Crippen LogP contribution is -2.52. The van der Waals surface area contributed by atoms with E-state index in [4.69, 9.17) is 0 Å². The van der Waals surface area contributed by atoms with Gasteiger partial charge in [0.05, 0.1) is 6.04 Å². The second kappa shape index (κ2) is 7.14. The molecule has 3 rings (SSSR count). The minimum atomic E-state index is 0.109. The second-order valence-electron chi connectivity index (χ2n) is 6.37. The Morgan fingerprint density at radius 2 is 1.95 bits per heavy atom.